The summed E-state index contributed by atoms with van der Waals surface area (Å²) in [4.78, 5) is 27.8. The van der Waals surface area contributed by atoms with Crippen LogP contribution in [0.1, 0.15) is 71.9 Å². The summed E-state index contributed by atoms with van der Waals surface area (Å²) in [5, 5.41) is 0.630. The average Bonchev–Trinajstić information content (AvgIpc) is 3.37. The average molecular weight is 595 g/mol. The molecular formula is C31H39BN2O7S. The number of likely N-dealkylation sites (tertiary alicyclic amines) is 1. The van der Waals surface area contributed by atoms with Crippen molar-refractivity contribution in [3.63, 3.8) is 0 Å². The molecule has 9 nitrogen and oxygen atoms in total. The van der Waals surface area contributed by atoms with E-state index in [-0.39, 0.29) is 17.2 Å². The van der Waals surface area contributed by atoms with E-state index in [2.05, 4.69) is 0 Å². The summed E-state index contributed by atoms with van der Waals surface area (Å²) in [5.74, 6) is -0.794. The summed E-state index contributed by atoms with van der Waals surface area (Å²) >= 11 is 0. The Balaban J connectivity index is 1.64. The van der Waals surface area contributed by atoms with Gasteiger partial charge in [-0.05, 0) is 79.0 Å². The van der Waals surface area contributed by atoms with Crippen molar-refractivity contribution in [2.45, 2.75) is 89.4 Å². The Morgan fingerprint density at radius 1 is 1.02 bits per heavy atom. The molecule has 11 heteroatoms. The van der Waals surface area contributed by atoms with Gasteiger partial charge >= 0.3 is 13.2 Å². The van der Waals surface area contributed by atoms with E-state index >= 15 is 0 Å². The van der Waals surface area contributed by atoms with E-state index in [4.69, 9.17) is 14.0 Å². The summed E-state index contributed by atoms with van der Waals surface area (Å²) in [5.41, 5.74) is 0.219. The van der Waals surface area contributed by atoms with Crippen molar-refractivity contribution in [2.75, 3.05) is 13.1 Å². The molecule has 1 aromatic heterocycles. The Morgan fingerprint density at radius 2 is 1.67 bits per heavy atom. The standard InChI is InChI=1S/C31H39BN2O7S/c1-20-12-9-10-15-26(20)42(37,38)34-18-24(32-40-30(5,6)31(7,8)41-32)23-14-11-13-22(27(23)34)21-16-17-33(19-25(21)35)28(36)39-29(2,3)4/h9-15,18,21H,16-17,19H2,1-8H3. The molecule has 0 radical (unpaired) electrons. The van der Waals surface area contributed by atoms with Crippen molar-refractivity contribution in [1.29, 1.82) is 0 Å². The number of aryl methyl sites for hydroxylation is 1. The predicted molar refractivity (Wildman–Crippen MR) is 162 cm³/mol. The van der Waals surface area contributed by atoms with Crippen LogP contribution in [-0.2, 0) is 28.9 Å². The highest BCUT2D eigenvalue weighted by Crippen LogP contribution is 2.39. The fraction of sp³-hybridized carbons (Fsp3) is 0.484. The van der Waals surface area contributed by atoms with Crippen LogP contribution in [-0.4, -0.2) is 66.2 Å². The molecule has 5 rings (SSSR count). The third-order valence-electron chi connectivity index (χ3n) is 8.44. The van der Waals surface area contributed by atoms with Gasteiger partial charge < -0.3 is 18.9 Å². The van der Waals surface area contributed by atoms with Crippen molar-refractivity contribution in [1.82, 2.24) is 8.87 Å². The van der Waals surface area contributed by atoms with E-state index in [0.717, 1.165) is 0 Å². The number of hydrogen-bond acceptors (Lipinski definition) is 7. The molecule has 3 aromatic rings. The molecule has 0 bridgehead atoms. The smallest absolute Gasteiger partial charge is 0.444 e. The van der Waals surface area contributed by atoms with Gasteiger partial charge in [0.15, 0.2) is 5.78 Å². The zero-order valence-electron chi connectivity index (χ0n) is 25.6. The first-order chi connectivity index (χ1) is 19.4. The maximum absolute atomic E-state index is 14.3. The van der Waals surface area contributed by atoms with Crippen LogP contribution in [0, 0.1) is 6.92 Å². The number of ether oxygens (including phenoxy) is 1. The van der Waals surface area contributed by atoms with Gasteiger partial charge in [0, 0.05) is 29.5 Å². The second kappa shape index (κ2) is 10.2. The molecule has 1 unspecified atom stereocenters. The van der Waals surface area contributed by atoms with Crippen molar-refractivity contribution < 1.29 is 32.1 Å². The largest absolute Gasteiger partial charge is 0.497 e. The lowest BCUT2D eigenvalue weighted by molar-refractivity contribution is -0.123. The minimum atomic E-state index is -4.08. The molecule has 0 saturated carbocycles. The number of ketones is 1. The van der Waals surface area contributed by atoms with Gasteiger partial charge in [-0.1, -0.05) is 36.4 Å². The molecule has 2 aliphatic heterocycles. The number of hydrogen-bond donors (Lipinski definition) is 0. The third kappa shape index (κ3) is 5.27. The maximum atomic E-state index is 14.3. The van der Waals surface area contributed by atoms with Gasteiger partial charge in [-0.15, -0.1) is 0 Å². The van der Waals surface area contributed by atoms with Crippen LogP contribution in [0.4, 0.5) is 4.79 Å². The second-order valence-electron chi connectivity index (χ2n) is 13.2. The Bertz CT molecular complexity index is 1650. The highest BCUT2D eigenvalue weighted by atomic mass is 32.2. The molecule has 1 amide bonds. The monoisotopic (exact) mass is 594 g/mol. The molecule has 42 heavy (non-hydrogen) atoms. The number of nitrogens with zero attached hydrogens (tertiary/aromatic N) is 2. The van der Waals surface area contributed by atoms with E-state index in [1.807, 2.05) is 39.8 Å². The van der Waals surface area contributed by atoms with Gasteiger partial charge in [-0.3, -0.25) is 4.79 Å². The molecule has 0 N–H and O–H groups in total. The lowest BCUT2D eigenvalue weighted by Gasteiger charge is -2.33. The lowest BCUT2D eigenvalue weighted by atomic mass is 9.78. The molecule has 2 fully saturated rings. The molecule has 1 atom stereocenters. The normalized spacial score (nSPS) is 20.8. The molecule has 3 heterocycles. The van der Waals surface area contributed by atoms with Crippen molar-refractivity contribution in [3.8, 4) is 0 Å². The summed E-state index contributed by atoms with van der Waals surface area (Å²) in [6, 6.07) is 12.3. The van der Waals surface area contributed by atoms with E-state index in [1.165, 1.54) is 8.87 Å². The highest BCUT2D eigenvalue weighted by Gasteiger charge is 2.53. The molecular weight excluding hydrogens is 555 g/mol. The fourth-order valence-electron chi connectivity index (χ4n) is 5.52. The molecule has 2 aliphatic rings. The summed E-state index contributed by atoms with van der Waals surface area (Å²) < 4.78 is 48.0. The number of benzene rings is 2. The summed E-state index contributed by atoms with van der Waals surface area (Å²) in [7, 11) is -4.89. The Labute approximate surface area is 248 Å². The van der Waals surface area contributed by atoms with Crippen molar-refractivity contribution in [3.05, 3.63) is 59.8 Å². The zero-order valence-corrected chi connectivity index (χ0v) is 26.4. The number of carbonyl (C=O) groups is 2. The van der Waals surface area contributed by atoms with Crippen LogP contribution >= 0.6 is 0 Å². The fourth-order valence-corrected chi connectivity index (χ4v) is 7.15. The van der Waals surface area contributed by atoms with Gasteiger partial charge in [0.2, 0.25) is 0 Å². The Kier molecular flexibility index (Phi) is 7.39. The number of aromatic nitrogens is 1. The van der Waals surface area contributed by atoms with Gasteiger partial charge in [-0.2, -0.15) is 0 Å². The minimum Gasteiger partial charge on any atom is -0.444 e. The second-order valence-corrected chi connectivity index (χ2v) is 15.0. The number of carbonyl (C=O) groups excluding carboxylic acids is 2. The van der Waals surface area contributed by atoms with Crippen LogP contribution < -0.4 is 5.46 Å². The summed E-state index contributed by atoms with van der Waals surface area (Å²) in [6.07, 6.45) is 1.36. The number of Topliss-reactive ketones (excluding diaryl/α,β-unsaturated/α-hetero) is 1. The number of piperidine rings is 1. The van der Waals surface area contributed by atoms with E-state index in [9.17, 15) is 18.0 Å². The number of rotatable bonds is 4. The summed E-state index contributed by atoms with van der Waals surface area (Å²) in [6.45, 7) is 15.0. The van der Waals surface area contributed by atoms with Crippen LogP contribution in [0.25, 0.3) is 10.9 Å². The predicted octanol–water partition coefficient (Wildman–Crippen LogP) is 4.78. The number of para-hydroxylation sites is 1. The zero-order chi connectivity index (χ0) is 30.8. The first-order valence-corrected chi connectivity index (χ1v) is 15.7. The highest BCUT2D eigenvalue weighted by molar-refractivity contribution is 7.90. The topological polar surface area (TPSA) is 104 Å². The molecule has 0 aliphatic carbocycles. The van der Waals surface area contributed by atoms with Crippen LogP contribution in [0.5, 0.6) is 0 Å². The number of fused-ring (bicyclic) bond motifs is 1. The van der Waals surface area contributed by atoms with Crippen LogP contribution in [0.2, 0.25) is 0 Å². The van der Waals surface area contributed by atoms with Gasteiger partial charge in [-0.25, -0.2) is 17.2 Å². The Morgan fingerprint density at radius 3 is 2.26 bits per heavy atom. The first-order valence-electron chi connectivity index (χ1n) is 14.2. The SMILES string of the molecule is Cc1ccccc1S(=O)(=O)n1cc(B2OC(C)(C)C(C)(C)O2)c2cccc(C3CCN(C(=O)OC(C)(C)C)CC3=O)c21. The molecule has 224 valence electrons. The first kappa shape index (κ1) is 30.3. The van der Waals surface area contributed by atoms with Crippen LogP contribution in [0.15, 0.2) is 53.6 Å². The van der Waals surface area contributed by atoms with E-state index < -0.39 is 46.0 Å². The third-order valence-corrected chi connectivity index (χ3v) is 10.3. The van der Waals surface area contributed by atoms with Crippen molar-refractivity contribution >= 4 is 45.4 Å². The molecule has 0 spiro atoms. The van der Waals surface area contributed by atoms with Gasteiger partial charge in [0.05, 0.1) is 28.2 Å². The molecule has 2 aromatic carbocycles. The number of amides is 1. The molecule has 2 saturated heterocycles. The lowest BCUT2D eigenvalue weighted by Crippen LogP contribution is -2.45. The van der Waals surface area contributed by atoms with E-state index in [0.29, 0.717) is 40.5 Å². The van der Waals surface area contributed by atoms with Crippen LogP contribution in [0.3, 0.4) is 0 Å². The Hall–Kier alpha value is -3.15. The minimum absolute atomic E-state index is 0.120. The van der Waals surface area contributed by atoms with Gasteiger partial charge in [0.1, 0.15) is 5.60 Å². The van der Waals surface area contributed by atoms with Crippen molar-refractivity contribution in [2.24, 2.45) is 0 Å². The quantitative estimate of drug-likeness (QED) is 0.401. The van der Waals surface area contributed by atoms with E-state index in [1.54, 1.807) is 64.2 Å². The maximum Gasteiger partial charge on any atom is 0.497 e. The van der Waals surface area contributed by atoms with Gasteiger partial charge in [0.25, 0.3) is 10.0 Å².